The number of rotatable bonds is 6. The third-order valence-corrected chi connectivity index (χ3v) is 5.62. The van der Waals surface area contributed by atoms with Crippen molar-refractivity contribution in [2.45, 2.75) is 70.3 Å². The Labute approximate surface area is 149 Å². The lowest BCUT2D eigenvalue weighted by Gasteiger charge is -2.36. The van der Waals surface area contributed by atoms with E-state index in [0.29, 0.717) is 31.1 Å². The number of amides is 1. The highest BCUT2D eigenvalue weighted by Gasteiger charge is 2.42. The maximum atomic E-state index is 12.4. The van der Waals surface area contributed by atoms with E-state index in [0.717, 1.165) is 43.6 Å². The quantitative estimate of drug-likeness (QED) is 0.796. The molecule has 0 unspecified atom stereocenters. The summed E-state index contributed by atoms with van der Waals surface area (Å²) in [5.74, 6) is 1.01. The third kappa shape index (κ3) is 4.21. The second-order valence-electron chi connectivity index (χ2n) is 7.75. The molecule has 1 saturated carbocycles. The van der Waals surface area contributed by atoms with Crippen LogP contribution in [0.1, 0.15) is 49.9 Å². The van der Waals surface area contributed by atoms with Gasteiger partial charge in [0.25, 0.3) is 0 Å². The molecule has 1 aromatic rings. The monoisotopic (exact) mass is 344 g/mol. The smallest absolute Gasteiger partial charge is 0.223 e. The molecule has 3 aliphatic rings. The van der Waals surface area contributed by atoms with Gasteiger partial charge in [-0.1, -0.05) is 6.07 Å². The van der Waals surface area contributed by atoms with Gasteiger partial charge in [-0.2, -0.15) is 0 Å². The fourth-order valence-corrected chi connectivity index (χ4v) is 4.09. The zero-order chi connectivity index (χ0) is 17.2. The number of carbonyl (C=O) groups is 1. The van der Waals surface area contributed by atoms with Crippen molar-refractivity contribution in [2.24, 2.45) is 5.92 Å². The minimum atomic E-state index is 0.143. The summed E-state index contributed by atoms with van der Waals surface area (Å²) in [4.78, 5) is 19.0. The molecule has 3 fully saturated rings. The Bertz CT molecular complexity index is 617. The van der Waals surface area contributed by atoms with Gasteiger partial charge in [0, 0.05) is 18.7 Å². The zero-order valence-electron chi connectivity index (χ0n) is 15.0. The van der Waals surface area contributed by atoms with Crippen molar-refractivity contribution < 1.29 is 14.3 Å². The summed E-state index contributed by atoms with van der Waals surface area (Å²) in [5.41, 5.74) is 1.98. The van der Waals surface area contributed by atoms with E-state index >= 15 is 0 Å². The van der Waals surface area contributed by atoms with Crippen LogP contribution in [0.3, 0.4) is 0 Å². The van der Waals surface area contributed by atoms with Gasteiger partial charge in [0.1, 0.15) is 0 Å². The number of fused-ring (bicyclic) bond motifs is 1. The second-order valence-corrected chi connectivity index (χ2v) is 7.75. The molecule has 3 atom stereocenters. The van der Waals surface area contributed by atoms with Gasteiger partial charge >= 0.3 is 0 Å². The van der Waals surface area contributed by atoms with Crippen LogP contribution in [0, 0.1) is 12.8 Å². The minimum Gasteiger partial charge on any atom is -0.372 e. The molecule has 3 heterocycles. The molecule has 0 bridgehead atoms. The van der Waals surface area contributed by atoms with Crippen molar-refractivity contribution in [3.63, 3.8) is 0 Å². The van der Waals surface area contributed by atoms with Crippen LogP contribution in [-0.2, 0) is 20.9 Å². The van der Waals surface area contributed by atoms with Gasteiger partial charge in [-0.25, -0.2) is 0 Å². The van der Waals surface area contributed by atoms with Crippen molar-refractivity contribution in [3.8, 4) is 0 Å². The molecule has 136 valence electrons. The molecule has 5 heteroatoms. The number of likely N-dealkylation sites (tertiary alicyclic amines) is 1. The maximum absolute atomic E-state index is 12.4. The van der Waals surface area contributed by atoms with Crippen LogP contribution in [0.25, 0.3) is 0 Å². The molecular weight excluding hydrogens is 316 g/mol. The summed E-state index contributed by atoms with van der Waals surface area (Å²) < 4.78 is 12.1. The van der Waals surface area contributed by atoms with E-state index in [2.05, 4.69) is 9.88 Å². The Morgan fingerprint density at radius 1 is 1.28 bits per heavy atom. The Morgan fingerprint density at radius 2 is 2.16 bits per heavy atom. The average molecular weight is 344 g/mol. The molecule has 2 saturated heterocycles. The van der Waals surface area contributed by atoms with Crippen molar-refractivity contribution >= 4 is 5.91 Å². The molecule has 1 aliphatic carbocycles. The lowest BCUT2D eigenvalue weighted by Crippen LogP contribution is -2.46. The Morgan fingerprint density at radius 3 is 2.96 bits per heavy atom. The largest absolute Gasteiger partial charge is 0.372 e. The van der Waals surface area contributed by atoms with Crippen molar-refractivity contribution in [1.82, 2.24) is 9.88 Å². The number of aryl methyl sites for hydroxylation is 1. The first-order valence-corrected chi connectivity index (χ1v) is 9.64. The standard InChI is InChI=1S/C20H28N2O3/c1-14-3-2-4-16(21-14)12-24-13-17-7-8-18-19(25-17)9-10-22(18)20(23)11-15-5-6-15/h2-4,15,17-19H,5-13H2,1H3/t17-,18+,19+/m0/s1. The number of ether oxygens (including phenoxy) is 2. The lowest BCUT2D eigenvalue weighted by molar-refractivity contribution is -0.139. The van der Waals surface area contributed by atoms with E-state index in [-0.39, 0.29) is 12.2 Å². The maximum Gasteiger partial charge on any atom is 0.223 e. The van der Waals surface area contributed by atoms with Crippen LogP contribution in [0.5, 0.6) is 0 Å². The van der Waals surface area contributed by atoms with Gasteiger partial charge in [-0.3, -0.25) is 9.78 Å². The van der Waals surface area contributed by atoms with Crippen molar-refractivity contribution in [3.05, 3.63) is 29.6 Å². The highest BCUT2D eigenvalue weighted by molar-refractivity contribution is 5.77. The van der Waals surface area contributed by atoms with E-state index < -0.39 is 0 Å². The normalized spacial score (nSPS) is 28.8. The molecule has 0 radical (unpaired) electrons. The van der Waals surface area contributed by atoms with Crippen LogP contribution < -0.4 is 0 Å². The molecule has 0 aromatic carbocycles. The van der Waals surface area contributed by atoms with Crippen molar-refractivity contribution in [1.29, 1.82) is 0 Å². The summed E-state index contributed by atoms with van der Waals surface area (Å²) in [6, 6.07) is 6.28. The van der Waals surface area contributed by atoms with E-state index in [4.69, 9.17) is 9.47 Å². The van der Waals surface area contributed by atoms with Gasteiger partial charge in [0.2, 0.25) is 5.91 Å². The molecule has 1 amide bonds. The van der Waals surface area contributed by atoms with Crippen LogP contribution in [-0.4, -0.2) is 47.2 Å². The SMILES string of the molecule is Cc1cccc(COC[C@@H]2CC[C@@H]3[C@@H](CCN3C(=O)CC3CC3)O2)n1. The zero-order valence-corrected chi connectivity index (χ0v) is 15.0. The van der Waals surface area contributed by atoms with Crippen LogP contribution in [0.15, 0.2) is 18.2 Å². The summed E-state index contributed by atoms with van der Waals surface area (Å²) in [5, 5.41) is 0. The predicted octanol–water partition coefficient (Wildman–Crippen LogP) is 2.86. The van der Waals surface area contributed by atoms with Crippen LogP contribution in [0.4, 0.5) is 0 Å². The number of hydrogen-bond acceptors (Lipinski definition) is 4. The van der Waals surface area contributed by atoms with Gasteiger partial charge in [0.15, 0.2) is 0 Å². The highest BCUT2D eigenvalue weighted by atomic mass is 16.5. The van der Waals surface area contributed by atoms with Gasteiger partial charge in [-0.05, 0) is 57.1 Å². The molecule has 0 N–H and O–H groups in total. The number of nitrogens with zero attached hydrogens (tertiary/aromatic N) is 2. The van der Waals surface area contributed by atoms with Gasteiger partial charge < -0.3 is 14.4 Å². The number of carbonyl (C=O) groups excluding carboxylic acids is 1. The summed E-state index contributed by atoms with van der Waals surface area (Å²) in [7, 11) is 0. The van der Waals surface area contributed by atoms with Gasteiger partial charge in [0.05, 0.1) is 37.2 Å². The Hall–Kier alpha value is -1.46. The highest BCUT2D eigenvalue weighted by Crippen LogP contribution is 2.36. The summed E-state index contributed by atoms with van der Waals surface area (Å²) in [6.07, 6.45) is 6.54. The Balaban J connectivity index is 1.22. The lowest BCUT2D eigenvalue weighted by atomic mass is 9.99. The number of pyridine rings is 1. The number of aromatic nitrogens is 1. The molecule has 4 rings (SSSR count). The first-order valence-electron chi connectivity index (χ1n) is 9.64. The molecule has 5 nitrogen and oxygen atoms in total. The summed E-state index contributed by atoms with van der Waals surface area (Å²) >= 11 is 0. The van der Waals surface area contributed by atoms with Gasteiger partial charge in [-0.15, -0.1) is 0 Å². The van der Waals surface area contributed by atoms with Crippen molar-refractivity contribution in [2.75, 3.05) is 13.2 Å². The minimum absolute atomic E-state index is 0.143. The Kier molecular flexibility index (Phi) is 5.04. The molecule has 25 heavy (non-hydrogen) atoms. The molecule has 0 spiro atoms. The second kappa shape index (κ2) is 7.42. The first-order chi connectivity index (χ1) is 12.2. The third-order valence-electron chi connectivity index (χ3n) is 5.62. The fraction of sp³-hybridized carbons (Fsp3) is 0.700. The van der Waals surface area contributed by atoms with E-state index in [9.17, 15) is 4.79 Å². The first kappa shape index (κ1) is 17.0. The predicted molar refractivity (Wildman–Crippen MR) is 94.0 cm³/mol. The fourth-order valence-electron chi connectivity index (χ4n) is 4.09. The van der Waals surface area contributed by atoms with Crippen LogP contribution in [0.2, 0.25) is 0 Å². The number of hydrogen-bond donors (Lipinski definition) is 0. The van der Waals surface area contributed by atoms with E-state index in [1.54, 1.807) is 0 Å². The van der Waals surface area contributed by atoms with E-state index in [1.807, 2.05) is 25.1 Å². The topological polar surface area (TPSA) is 51.7 Å². The average Bonchev–Trinajstić information content (AvgIpc) is 3.31. The van der Waals surface area contributed by atoms with E-state index in [1.165, 1.54) is 12.8 Å². The summed E-state index contributed by atoms with van der Waals surface area (Å²) in [6.45, 7) is 3.99. The molecular formula is C20H28N2O3. The van der Waals surface area contributed by atoms with Crippen LogP contribution >= 0.6 is 0 Å². The molecule has 1 aromatic heterocycles. The molecule has 2 aliphatic heterocycles.